The average molecular weight is 289 g/mol. The molecule has 20 heavy (non-hydrogen) atoms. The van der Waals surface area contributed by atoms with Crippen molar-refractivity contribution >= 4 is 11.3 Å². The van der Waals surface area contributed by atoms with Crippen LogP contribution >= 0.6 is 11.3 Å². The summed E-state index contributed by atoms with van der Waals surface area (Å²) < 4.78 is 5.80. The molecule has 0 bridgehead atoms. The second-order valence-corrected chi connectivity index (χ2v) is 5.72. The molecular weight excluding hydrogens is 266 g/mol. The Morgan fingerprint density at radius 2 is 2.05 bits per heavy atom. The molecule has 1 aromatic heterocycles. The summed E-state index contributed by atoms with van der Waals surface area (Å²) in [6, 6.07) is 12.7. The van der Waals surface area contributed by atoms with Crippen molar-refractivity contribution in [3.8, 4) is 5.75 Å². The van der Waals surface area contributed by atoms with E-state index >= 15 is 0 Å². The third-order valence-corrected chi connectivity index (χ3v) is 3.96. The van der Waals surface area contributed by atoms with Crippen LogP contribution in [0.1, 0.15) is 25.3 Å². The molecule has 1 aromatic carbocycles. The Labute approximate surface area is 125 Å². The van der Waals surface area contributed by atoms with Gasteiger partial charge in [-0.1, -0.05) is 25.1 Å². The van der Waals surface area contributed by atoms with Crippen molar-refractivity contribution in [1.29, 1.82) is 0 Å². The molecule has 0 aliphatic heterocycles. The third kappa shape index (κ3) is 5.35. The molecule has 108 valence electrons. The lowest BCUT2D eigenvalue weighted by atomic mass is 10.1. The van der Waals surface area contributed by atoms with Crippen LogP contribution in [0.4, 0.5) is 0 Å². The topological polar surface area (TPSA) is 21.3 Å². The van der Waals surface area contributed by atoms with Crippen LogP contribution in [0, 0.1) is 0 Å². The zero-order valence-corrected chi connectivity index (χ0v) is 12.9. The number of thiophene rings is 1. The fourth-order valence-corrected chi connectivity index (χ4v) is 2.84. The summed E-state index contributed by atoms with van der Waals surface area (Å²) >= 11 is 1.77. The number of nitrogens with one attached hydrogen (secondary N) is 1. The van der Waals surface area contributed by atoms with Crippen LogP contribution in [-0.2, 0) is 6.42 Å². The van der Waals surface area contributed by atoms with Crippen molar-refractivity contribution in [2.24, 2.45) is 0 Å². The van der Waals surface area contributed by atoms with Crippen molar-refractivity contribution in [3.63, 3.8) is 0 Å². The summed E-state index contributed by atoms with van der Waals surface area (Å²) in [6.45, 7) is 4.03. The number of hydrogen-bond donors (Lipinski definition) is 1. The lowest BCUT2D eigenvalue weighted by molar-refractivity contribution is 0.284. The molecule has 2 nitrogen and oxygen atoms in total. The van der Waals surface area contributed by atoms with Gasteiger partial charge >= 0.3 is 0 Å². The van der Waals surface area contributed by atoms with Crippen LogP contribution < -0.4 is 10.1 Å². The van der Waals surface area contributed by atoms with E-state index in [4.69, 9.17) is 4.74 Å². The molecule has 0 saturated carbocycles. The molecule has 1 unspecified atom stereocenters. The summed E-state index contributed by atoms with van der Waals surface area (Å²) in [5.74, 6) is 0.956. The van der Waals surface area contributed by atoms with Gasteiger partial charge in [-0.15, -0.1) is 0 Å². The largest absolute Gasteiger partial charge is 0.494 e. The maximum Gasteiger partial charge on any atom is 0.119 e. The minimum atomic E-state index is 0.494. The monoisotopic (exact) mass is 289 g/mol. The lowest BCUT2D eigenvalue weighted by Crippen LogP contribution is -2.33. The molecule has 0 amide bonds. The van der Waals surface area contributed by atoms with Gasteiger partial charge < -0.3 is 10.1 Å². The van der Waals surface area contributed by atoms with E-state index in [1.165, 1.54) is 12.0 Å². The molecule has 1 heterocycles. The first-order valence-electron chi connectivity index (χ1n) is 7.30. The molecule has 0 aliphatic rings. The van der Waals surface area contributed by atoms with E-state index < -0.39 is 0 Å². The SMILES string of the molecule is CCCNC(CCOc1ccccc1)Cc1ccsc1. The van der Waals surface area contributed by atoms with Gasteiger partial charge in [-0.3, -0.25) is 0 Å². The molecule has 3 heteroatoms. The smallest absolute Gasteiger partial charge is 0.119 e. The summed E-state index contributed by atoms with van der Waals surface area (Å²) in [6.07, 6.45) is 3.28. The van der Waals surface area contributed by atoms with Gasteiger partial charge in [0.1, 0.15) is 5.75 Å². The Balaban J connectivity index is 1.78. The van der Waals surface area contributed by atoms with E-state index in [1.54, 1.807) is 11.3 Å². The Hall–Kier alpha value is -1.32. The number of ether oxygens (including phenoxy) is 1. The third-order valence-electron chi connectivity index (χ3n) is 3.22. The van der Waals surface area contributed by atoms with Crippen molar-refractivity contribution < 1.29 is 4.74 Å². The van der Waals surface area contributed by atoms with Crippen LogP contribution in [0.3, 0.4) is 0 Å². The summed E-state index contributed by atoms with van der Waals surface area (Å²) in [4.78, 5) is 0. The maximum absolute atomic E-state index is 5.80. The highest BCUT2D eigenvalue weighted by Gasteiger charge is 2.09. The van der Waals surface area contributed by atoms with E-state index in [0.29, 0.717) is 6.04 Å². The minimum absolute atomic E-state index is 0.494. The van der Waals surface area contributed by atoms with Gasteiger partial charge in [0.05, 0.1) is 6.61 Å². The van der Waals surface area contributed by atoms with E-state index in [-0.39, 0.29) is 0 Å². The van der Waals surface area contributed by atoms with Crippen molar-refractivity contribution in [1.82, 2.24) is 5.32 Å². The molecule has 0 aliphatic carbocycles. The highest BCUT2D eigenvalue weighted by Crippen LogP contribution is 2.12. The molecule has 0 saturated heterocycles. The standard InChI is InChI=1S/C17H23NOS/c1-2-10-18-16(13-15-9-12-20-14-15)8-11-19-17-6-4-3-5-7-17/h3-7,9,12,14,16,18H,2,8,10-11,13H2,1H3. The average Bonchev–Trinajstić information content (AvgIpc) is 2.98. The molecule has 0 radical (unpaired) electrons. The highest BCUT2D eigenvalue weighted by molar-refractivity contribution is 7.07. The number of hydrogen-bond acceptors (Lipinski definition) is 3. The van der Waals surface area contributed by atoms with Crippen molar-refractivity contribution in [2.75, 3.05) is 13.2 Å². The van der Waals surface area contributed by atoms with Crippen LogP contribution in [0.2, 0.25) is 0 Å². The molecule has 1 atom stereocenters. The van der Waals surface area contributed by atoms with Crippen LogP contribution in [0.25, 0.3) is 0 Å². The fourth-order valence-electron chi connectivity index (χ4n) is 2.15. The molecular formula is C17H23NOS. The molecule has 1 N–H and O–H groups in total. The zero-order chi connectivity index (χ0) is 14.0. The van der Waals surface area contributed by atoms with Crippen LogP contribution in [-0.4, -0.2) is 19.2 Å². The first kappa shape index (κ1) is 15.1. The minimum Gasteiger partial charge on any atom is -0.494 e. The first-order chi connectivity index (χ1) is 9.88. The van der Waals surface area contributed by atoms with Crippen LogP contribution in [0.5, 0.6) is 5.75 Å². The molecule has 2 rings (SSSR count). The van der Waals surface area contributed by atoms with Crippen LogP contribution in [0.15, 0.2) is 47.2 Å². The number of rotatable bonds is 9. The van der Waals surface area contributed by atoms with E-state index in [1.807, 2.05) is 30.3 Å². The van der Waals surface area contributed by atoms with Crippen molar-refractivity contribution in [3.05, 3.63) is 52.7 Å². The molecule has 0 fully saturated rings. The normalized spacial score (nSPS) is 12.2. The number of benzene rings is 1. The van der Waals surface area contributed by atoms with Gasteiger partial charge in [-0.25, -0.2) is 0 Å². The van der Waals surface area contributed by atoms with Gasteiger partial charge in [0.15, 0.2) is 0 Å². The van der Waals surface area contributed by atoms with Gasteiger partial charge in [0.25, 0.3) is 0 Å². The predicted molar refractivity (Wildman–Crippen MR) is 86.7 cm³/mol. The molecule has 2 aromatic rings. The fraction of sp³-hybridized carbons (Fsp3) is 0.412. The van der Waals surface area contributed by atoms with E-state index in [2.05, 4.69) is 29.1 Å². The Bertz CT molecular complexity index is 455. The second-order valence-electron chi connectivity index (χ2n) is 4.94. The van der Waals surface area contributed by atoms with E-state index in [0.717, 1.165) is 31.7 Å². The van der Waals surface area contributed by atoms with Gasteiger partial charge in [-0.2, -0.15) is 11.3 Å². The molecule has 0 spiro atoms. The Morgan fingerprint density at radius 1 is 1.20 bits per heavy atom. The quantitative estimate of drug-likeness (QED) is 0.749. The van der Waals surface area contributed by atoms with Gasteiger partial charge in [0, 0.05) is 6.04 Å². The maximum atomic E-state index is 5.80. The van der Waals surface area contributed by atoms with Crippen molar-refractivity contribution in [2.45, 2.75) is 32.2 Å². The lowest BCUT2D eigenvalue weighted by Gasteiger charge is -2.18. The zero-order valence-electron chi connectivity index (χ0n) is 12.0. The highest BCUT2D eigenvalue weighted by atomic mass is 32.1. The number of para-hydroxylation sites is 1. The Kier molecular flexibility index (Phi) is 6.61. The summed E-state index contributed by atoms with van der Waals surface area (Å²) in [5, 5.41) is 8.00. The van der Waals surface area contributed by atoms with Gasteiger partial charge in [0.2, 0.25) is 0 Å². The summed E-state index contributed by atoms with van der Waals surface area (Å²) in [5.41, 5.74) is 1.42. The summed E-state index contributed by atoms with van der Waals surface area (Å²) in [7, 11) is 0. The Morgan fingerprint density at radius 3 is 2.75 bits per heavy atom. The van der Waals surface area contributed by atoms with E-state index in [9.17, 15) is 0 Å². The second kappa shape index (κ2) is 8.77. The van der Waals surface area contributed by atoms with Gasteiger partial charge in [-0.05, 0) is 60.3 Å². The predicted octanol–water partition coefficient (Wildman–Crippen LogP) is 4.13. The first-order valence-corrected chi connectivity index (χ1v) is 8.25.